The molecule has 1 aromatic carbocycles. The molecule has 0 fully saturated rings. The predicted octanol–water partition coefficient (Wildman–Crippen LogP) is 1.23. The number of rotatable bonds is 5. The molecule has 0 saturated heterocycles. The minimum Gasteiger partial charge on any atom is -0.330 e. The largest absolute Gasteiger partial charge is 0.330 e. The summed E-state index contributed by atoms with van der Waals surface area (Å²) in [5, 5.41) is 2.72. The maximum Gasteiger partial charge on any atom is 0.230 e. The number of nitrogens with zero attached hydrogens (tertiary/aromatic N) is 2. The number of nitrogens with one attached hydrogen (secondary N) is 1. The Morgan fingerprint density at radius 3 is 2.68 bits per heavy atom. The summed E-state index contributed by atoms with van der Waals surface area (Å²) in [5.41, 5.74) is 6.77. The van der Waals surface area contributed by atoms with Crippen molar-refractivity contribution in [3.8, 4) is 0 Å². The van der Waals surface area contributed by atoms with Crippen molar-refractivity contribution in [2.45, 2.75) is 6.42 Å². The monoisotopic (exact) mass is 256 g/mol. The molecule has 0 spiro atoms. The zero-order valence-electron chi connectivity index (χ0n) is 10.5. The van der Waals surface area contributed by atoms with Crippen LogP contribution in [-0.2, 0) is 11.2 Å². The van der Waals surface area contributed by atoms with Gasteiger partial charge in [0, 0.05) is 18.9 Å². The smallest absolute Gasteiger partial charge is 0.230 e. The van der Waals surface area contributed by atoms with Crippen LogP contribution >= 0.6 is 0 Å². The quantitative estimate of drug-likeness (QED) is 0.843. The third-order valence-corrected chi connectivity index (χ3v) is 2.79. The van der Waals surface area contributed by atoms with E-state index in [0.717, 1.165) is 5.56 Å². The number of hydrogen-bond donors (Lipinski definition) is 2. The van der Waals surface area contributed by atoms with Crippen molar-refractivity contribution in [3.05, 3.63) is 54.5 Å². The van der Waals surface area contributed by atoms with E-state index in [1.165, 1.54) is 12.4 Å². The van der Waals surface area contributed by atoms with Crippen molar-refractivity contribution < 1.29 is 4.79 Å². The van der Waals surface area contributed by atoms with Crippen LogP contribution in [0.5, 0.6) is 0 Å². The summed E-state index contributed by atoms with van der Waals surface area (Å²) in [5.74, 6) is 0.0373. The molecule has 0 aliphatic heterocycles. The first kappa shape index (κ1) is 13.2. The molecule has 1 amide bonds. The molecule has 1 heterocycles. The highest BCUT2D eigenvalue weighted by Gasteiger charge is 2.17. The van der Waals surface area contributed by atoms with Gasteiger partial charge in [0.2, 0.25) is 5.91 Å². The van der Waals surface area contributed by atoms with Crippen molar-refractivity contribution in [2.75, 3.05) is 11.9 Å². The van der Waals surface area contributed by atoms with Crippen LogP contribution in [-0.4, -0.2) is 22.4 Å². The maximum atomic E-state index is 12.1. The van der Waals surface area contributed by atoms with Gasteiger partial charge in [-0.05, 0) is 12.0 Å². The zero-order valence-corrected chi connectivity index (χ0v) is 10.5. The van der Waals surface area contributed by atoms with E-state index >= 15 is 0 Å². The third kappa shape index (κ3) is 3.86. The van der Waals surface area contributed by atoms with Crippen molar-refractivity contribution in [1.82, 2.24) is 9.97 Å². The number of amides is 1. The lowest BCUT2D eigenvalue weighted by molar-refractivity contribution is -0.119. The summed E-state index contributed by atoms with van der Waals surface area (Å²) in [6, 6.07) is 9.81. The van der Waals surface area contributed by atoms with E-state index in [1.54, 1.807) is 6.20 Å². The molecule has 1 atom stereocenters. The van der Waals surface area contributed by atoms with Gasteiger partial charge in [0.25, 0.3) is 0 Å². The number of carbonyl (C=O) groups excluding carboxylic acids is 1. The first-order valence-electron chi connectivity index (χ1n) is 6.10. The van der Waals surface area contributed by atoms with Gasteiger partial charge in [-0.3, -0.25) is 9.78 Å². The second-order valence-corrected chi connectivity index (χ2v) is 4.20. The Balaban J connectivity index is 2.00. The van der Waals surface area contributed by atoms with E-state index < -0.39 is 0 Å². The van der Waals surface area contributed by atoms with Crippen LogP contribution in [0.25, 0.3) is 0 Å². The maximum absolute atomic E-state index is 12.1. The highest BCUT2D eigenvalue weighted by Crippen LogP contribution is 2.10. The van der Waals surface area contributed by atoms with Crippen LogP contribution in [0.2, 0.25) is 0 Å². The van der Waals surface area contributed by atoms with Gasteiger partial charge in [-0.1, -0.05) is 30.3 Å². The van der Waals surface area contributed by atoms with Crippen LogP contribution in [0.1, 0.15) is 5.56 Å². The number of nitrogens with two attached hydrogens (primary N) is 1. The summed E-state index contributed by atoms with van der Waals surface area (Å²) in [6.45, 7) is 0.293. The van der Waals surface area contributed by atoms with Gasteiger partial charge in [0.1, 0.15) is 0 Å². The first-order valence-corrected chi connectivity index (χ1v) is 6.10. The summed E-state index contributed by atoms with van der Waals surface area (Å²) >= 11 is 0. The van der Waals surface area contributed by atoms with Crippen molar-refractivity contribution >= 4 is 11.7 Å². The van der Waals surface area contributed by atoms with Gasteiger partial charge in [0.15, 0.2) is 5.82 Å². The molecule has 1 unspecified atom stereocenters. The second kappa shape index (κ2) is 6.61. The highest BCUT2D eigenvalue weighted by molar-refractivity contribution is 5.91. The Kier molecular flexibility index (Phi) is 4.58. The van der Waals surface area contributed by atoms with Gasteiger partial charge >= 0.3 is 0 Å². The molecule has 19 heavy (non-hydrogen) atoms. The summed E-state index contributed by atoms with van der Waals surface area (Å²) < 4.78 is 0. The zero-order chi connectivity index (χ0) is 13.5. The normalized spacial score (nSPS) is 11.8. The Hall–Kier alpha value is -2.27. The molecule has 98 valence electrons. The molecule has 2 rings (SSSR count). The Morgan fingerprint density at radius 2 is 2.05 bits per heavy atom. The molecule has 3 N–H and O–H groups in total. The standard InChI is InChI=1S/C14H16N4O/c15-9-12(8-11-4-2-1-3-5-11)14(19)18-13-10-16-6-7-17-13/h1-7,10,12H,8-9,15H2,(H,17,18,19). The van der Waals surface area contributed by atoms with Gasteiger partial charge in [0.05, 0.1) is 12.1 Å². The predicted molar refractivity (Wildman–Crippen MR) is 73.4 cm³/mol. The van der Waals surface area contributed by atoms with E-state index in [1.807, 2.05) is 30.3 Å². The van der Waals surface area contributed by atoms with Crippen LogP contribution in [0.3, 0.4) is 0 Å². The van der Waals surface area contributed by atoms with E-state index in [2.05, 4.69) is 15.3 Å². The minimum atomic E-state index is -0.274. The average Bonchev–Trinajstić information content (AvgIpc) is 2.47. The minimum absolute atomic E-state index is 0.133. The van der Waals surface area contributed by atoms with E-state index in [0.29, 0.717) is 18.8 Å². The van der Waals surface area contributed by atoms with Crippen LogP contribution in [0.15, 0.2) is 48.9 Å². The Bertz CT molecular complexity index is 515. The molecular formula is C14H16N4O. The van der Waals surface area contributed by atoms with Crippen molar-refractivity contribution in [2.24, 2.45) is 11.7 Å². The molecule has 0 radical (unpaired) electrons. The van der Waals surface area contributed by atoms with Crippen LogP contribution in [0, 0.1) is 5.92 Å². The molecule has 0 aliphatic rings. The molecule has 5 heteroatoms. The fourth-order valence-electron chi connectivity index (χ4n) is 1.77. The number of benzene rings is 1. The SMILES string of the molecule is NCC(Cc1ccccc1)C(=O)Nc1cnccn1. The Morgan fingerprint density at radius 1 is 1.26 bits per heavy atom. The number of carbonyl (C=O) groups is 1. The van der Waals surface area contributed by atoms with Gasteiger partial charge < -0.3 is 11.1 Å². The van der Waals surface area contributed by atoms with E-state index in [9.17, 15) is 4.79 Å². The van der Waals surface area contributed by atoms with E-state index in [4.69, 9.17) is 5.73 Å². The molecule has 0 bridgehead atoms. The van der Waals surface area contributed by atoms with Gasteiger partial charge in [-0.25, -0.2) is 4.98 Å². The van der Waals surface area contributed by atoms with Gasteiger partial charge in [-0.2, -0.15) is 0 Å². The molecule has 0 saturated carbocycles. The number of anilines is 1. The molecular weight excluding hydrogens is 240 g/mol. The third-order valence-electron chi connectivity index (χ3n) is 2.79. The van der Waals surface area contributed by atoms with Crippen molar-refractivity contribution in [3.63, 3.8) is 0 Å². The number of hydrogen-bond acceptors (Lipinski definition) is 4. The summed E-state index contributed by atoms with van der Waals surface area (Å²) in [6.07, 6.45) is 5.21. The van der Waals surface area contributed by atoms with Crippen LogP contribution < -0.4 is 11.1 Å². The summed E-state index contributed by atoms with van der Waals surface area (Å²) in [4.78, 5) is 20.0. The molecule has 2 aromatic rings. The molecule has 5 nitrogen and oxygen atoms in total. The second-order valence-electron chi connectivity index (χ2n) is 4.20. The lowest BCUT2D eigenvalue weighted by Gasteiger charge is -2.14. The van der Waals surface area contributed by atoms with E-state index in [-0.39, 0.29) is 11.8 Å². The fourth-order valence-corrected chi connectivity index (χ4v) is 1.77. The molecule has 1 aromatic heterocycles. The fraction of sp³-hybridized carbons (Fsp3) is 0.214. The van der Waals surface area contributed by atoms with Crippen molar-refractivity contribution in [1.29, 1.82) is 0 Å². The lowest BCUT2D eigenvalue weighted by atomic mass is 9.98. The Labute approximate surface area is 111 Å². The van der Waals surface area contributed by atoms with Crippen LogP contribution in [0.4, 0.5) is 5.82 Å². The first-order chi connectivity index (χ1) is 9.29. The summed E-state index contributed by atoms with van der Waals surface area (Å²) in [7, 11) is 0. The number of aromatic nitrogens is 2. The molecule has 0 aliphatic carbocycles. The average molecular weight is 256 g/mol. The lowest BCUT2D eigenvalue weighted by Crippen LogP contribution is -2.31. The highest BCUT2D eigenvalue weighted by atomic mass is 16.1. The topological polar surface area (TPSA) is 80.9 Å². The van der Waals surface area contributed by atoms with Gasteiger partial charge in [-0.15, -0.1) is 0 Å².